The molecule has 0 unspecified atom stereocenters. The number of nitrogens with one attached hydrogen (secondary N) is 1. The molecular formula is C24H18Cl2N2O2S. The number of amides is 1. The van der Waals surface area contributed by atoms with Crippen LogP contribution in [0.3, 0.4) is 0 Å². The monoisotopic (exact) mass is 468 g/mol. The Labute approximate surface area is 194 Å². The van der Waals surface area contributed by atoms with Crippen LogP contribution in [0.25, 0.3) is 0 Å². The number of hydrogen-bond donors (Lipinski definition) is 1. The van der Waals surface area contributed by atoms with Crippen LogP contribution in [-0.4, -0.2) is 10.9 Å². The van der Waals surface area contributed by atoms with Gasteiger partial charge in [0.25, 0.3) is 5.91 Å². The Balaban J connectivity index is 1.33. The fourth-order valence-corrected chi connectivity index (χ4v) is 4.07. The molecule has 0 aliphatic rings. The Morgan fingerprint density at radius 2 is 1.71 bits per heavy atom. The van der Waals surface area contributed by atoms with Crippen molar-refractivity contribution in [1.82, 2.24) is 4.98 Å². The van der Waals surface area contributed by atoms with E-state index >= 15 is 0 Å². The van der Waals surface area contributed by atoms with E-state index in [1.54, 1.807) is 36.5 Å². The maximum atomic E-state index is 12.5. The number of benzene rings is 3. The number of nitrogens with zero attached hydrogens (tertiary/aromatic N) is 1. The Morgan fingerprint density at radius 1 is 0.935 bits per heavy atom. The van der Waals surface area contributed by atoms with Gasteiger partial charge in [-0.15, -0.1) is 11.3 Å². The molecule has 0 saturated carbocycles. The van der Waals surface area contributed by atoms with E-state index in [1.165, 1.54) is 11.3 Å². The van der Waals surface area contributed by atoms with E-state index < -0.39 is 0 Å². The number of rotatable bonds is 7. The van der Waals surface area contributed by atoms with Crippen LogP contribution in [0.15, 0.2) is 79.0 Å². The first kappa shape index (κ1) is 21.4. The maximum absolute atomic E-state index is 12.5. The van der Waals surface area contributed by atoms with Gasteiger partial charge in [0, 0.05) is 23.1 Å². The van der Waals surface area contributed by atoms with Gasteiger partial charge in [-0.2, -0.15) is 0 Å². The first-order chi connectivity index (χ1) is 15.1. The van der Waals surface area contributed by atoms with Crippen molar-refractivity contribution >= 4 is 45.6 Å². The van der Waals surface area contributed by atoms with Gasteiger partial charge in [0.1, 0.15) is 12.4 Å². The molecule has 0 aliphatic carbocycles. The van der Waals surface area contributed by atoms with Gasteiger partial charge in [-0.05, 0) is 47.5 Å². The Kier molecular flexibility index (Phi) is 6.87. The van der Waals surface area contributed by atoms with Crippen molar-refractivity contribution in [1.29, 1.82) is 0 Å². The van der Waals surface area contributed by atoms with Crippen LogP contribution in [0, 0.1) is 0 Å². The predicted molar refractivity (Wildman–Crippen MR) is 127 cm³/mol. The summed E-state index contributed by atoms with van der Waals surface area (Å²) in [4.78, 5) is 17.9. The van der Waals surface area contributed by atoms with Crippen LogP contribution >= 0.6 is 34.5 Å². The second-order valence-electron chi connectivity index (χ2n) is 6.81. The van der Waals surface area contributed by atoms with Crippen LogP contribution in [0.1, 0.15) is 26.4 Å². The average Bonchev–Trinajstić information content (AvgIpc) is 3.22. The van der Waals surface area contributed by atoms with E-state index in [2.05, 4.69) is 10.3 Å². The highest BCUT2D eigenvalue weighted by atomic mass is 35.5. The fourth-order valence-electron chi connectivity index (χ4n) is 2.91. The molecule has 0 aliphatic heterocycles. The lowest BCUT2D eigenvalue weighted by molar-refractivity contribution is 0.102. The molecule has 1 aromatic heterocycles. The maximum Gasteiger partial charge on any atom is 0.257 e. The summed E-state index contributed by atoms with van der Waals surface area (Å²) in [7, 11) is 0. The molecule has 4 rings (SSSR count). The summed E-state index contributed by atoms with van der Waals surface area (Å²) in [5.74, 6) is 0.489. The van der Waals surface area contributed by atoms with E-state index in [9.17, 15) is 4.79 Å². The SMILES string of the molecule is O=C(Nc1ncc(Cc2ccc(Cl)c(Cl)c2)s1)c1ccc(OCc2ccccc2)cc1. The summed E-state index contributed by atoms with van der Waals surface area (Å²) >= 11 is 13.5. The highest BCUT2D eigenvalue weighted by molar-refractivity contribution is 7.15. The van der Waals surface area contributed by atoms with E-state index in [0.29, 0.717) is 39.5 Å². The van der Waals surface area contributed by atoms with Crippen molar-refractivity contribution in [2.24, 2.45) is 0 Å². The van der Waals surface area contributed by atoms with Crippen LogP contribution < -0.4 is 10.1 Å². The zero-order valence-corrected chi connectivity index (χ0v) is 18.7. The number of halogens is 2. The van der Waals surface area contributed by atoms with Crippen molar-refractivity contribution in [3.05, 3.63) is 111 Å². The number of aromatic nitrogens is 1. The highest BCUT2D eigenvalue weighted by Gasteiger charge is 2.10. The summed E-state index contributed by atoms with van der Waals surface area (Å²) in [5.41, 5.74) is 2.65. The molecule has 0 bridgehead atoms. The van der Waals surface area contributed by atoms with Crippen LogP contribution in [0.2, 0.25) is 10.0 Å². The highest BCUT2D eigenvalue weighted by Crippen LogP contribution is 2.26. The standard InChI is InChI=1S/C24H18Cl2N2O2S/c25-21-11-6-17(13-22(21)26)12-20-14-27-24(31-20)28-23(29)18-7-9-19(10-8-18)30-15-16-4-2-1-3-5-16/h1-11,13-14H,12,15H2,(H,27,28,29). The van der Waals surface area contributed by atoms with Crippen molar-refractivity contribution < 1.29 is 9.53 Å². The molecular weight excluding hydrogens is 451 g/mol. The van der Waals surface area contributed by atoms with Gasteiger partial charge in [-0.1, -0.05) is 59.6 Å². The number of ether oxygens (including phenoxy) is 1. The number of thiazole rings is 1. The van der Waals surface area contributed by atoms with Gasteiger partial charge in [0.05, 0.1) is 10.0 Å². The van der Waals surface area contributed by atoms with Crippen molar-refractivity contribution in [2.75, 3.05) is 5.32 Å². The van der Waals surface area contributed by atoms with E-state index in [4.69, 9.17) is 27.9 Å². The first-order valence-electron chi connectivity index (χ1n) is 9.53. The van der Waals surface area contributed by atoms with Gasteiger partial charge in [-0.3, -0.25) is 10.1 Å². The van der Waals surface area contributed by atoms with Crippen LogP contribution in [0.5, 0.6) is 5.75 Å². The molecule has 31 heavy (non-hydrogen) atoms. The third kappa shape index (κ3) is 5.85. The molecule has 1 heterocycles. The number of carbonyl (C=O) groups excluding carboxylic acids is 1. The Bertz CT molecular complexity index is 1180. The van der Waals surface area contributed by atoms with Gasteiger partial charge in [-0.25, -0.2) is 4.98 Å². The molecule has 4 aromatic rings. The molecule has 7 heteroatoms. The van der Waals surface area contributed by atoms with Crippen LogP contribution in [-0.2, 0) is 13.0 Å². The van der Waals surface area contributed by atoms with E-state index in [-0.39, 0.29) is 5.91 Å². The third-order valence-electron chi connectivity index (χ3n) is 4.50. The van der Waals surface area contributed by atoms with E-state index in [0.717, 1.165) is 16.0 Å². The predicted octanol–water partition coefficient (Wildman–Crippen LogP) is 6.87. The molecule has 0 atom stereocenters. The Morgan fingerprint density at radius 3 is 2.45 bits per heavy atom. The molecule has 1 N–H and O–H groups in total. The summed E-state index contributed by atoms with van der Waals surface area (Å²) in [6.45, 7) is 0.479. The third-order valence-corrected chi connectivity index (χ3v) is 6.15. The topological polar surface area (TPSA) is 51.2 Å². The Hall–Kier alpha value is -2.86. The van der Waals surface area contributed by atoms with Gasteiger partial charge < -0.3 is 4.74 Å². The zero-order chi connectivity index (χ0) is 21.6. The van der Waals surface area contributed by atoms with Gasteiger partial charge in [0.2, 0.25) is 0 Å². The normalized spacial score (nSPS) is 10.6. The molecule has 4 nitrogen and oxygen atoms in total. The fraction of sp³-hybridized carbons (Fsp3) is 0.0833. The molecule has 156 valence electrons. The minimum Gasteiger partial charge on any atom is -0.489 e. The molecule has 0 radical (unpaired) electrons. The minimum absolute atomic E-state index is 0.218. The molecule has 0 saturated heterocycles. The number of anilines is 1. The smallest absolute Gasteiger partial charge is 0.257 e. The second-order valence-corrected chi connectivity index (χ2v) is 8.74. The summed E-state index contributed by atoms with van der Waals surface area (Å²) < 4.78 is 5.76. The largest absolute Gasteiger partial charge is 0.489 e. The van der Waals surface area contributed by atoms with Gasteiger partial charge >= 0.3 is 0 Å². The number of carbonyl (C=O) groups is 1. The summed E-state index contributed by atoms with van der Waals surface area (Å²) in [6, 6.07) is 22.5. The van der Waals surface area contributed by atoms with E-state index in [1.807, 2.05) is 42.5 Å². The summed E-state index contributed by atoms with van der Waals surface area (Å²) in [5, 5.41) is 4.44. The zero-order valence-electron chi connectivity index (χ0n) is 16.3. The number of hydrogen-bond acceptors (Lipinski definition) is 4. The van der Waals surface area contributed by atoms with Crippen molar-refractivity contribution in [2.45, 2.75) is 13.0 Å². The molecule has 0 fully saturated rings. The van der Waals surface area contributed by atoms with Crippen molar-refractivity contribution in [3.63, 3.8) is 0 Å². The average molecular weight is 469 g/mol. The molecule has 0 spiro atoms. The lowest BCUT2D eigenvalue weighted by atomic mass is 10.1. The quantitative estimate of drug-likeness (QED) is 0.321. The van der Waals surface area contributed by atoms with Crippen molar-refractivity contribution in [3.8, 4) is 5.75 Å². The molecule has 1 amide bonds. The summed E-state index contributed by atoms with van der Waals surface area (Å²) in [6.07, 6.45) is 2.42. The first-order valence-corrected chi connectivity index (χ1v) is 11.1. The lowest BCUT2D eigenvalue weighted by Crippen LogP contribution is -2.11. The lowest BCUT2D eigenvalue weighted by Gasteiger charge is -2.07. The molecule has 3 aromatic carbocycles. The van der Waals surface area contributed by atoms with Crippen LogP contribution in [0.4, 0.5) is 5.13 Å². The van der Waals surface area contributed by atoms with Gasteiger partial charge in [0.15, 0.2) is 5.13 Å². The second kappa shape index (κ2) is 9.96. The minimum atomic E-state index is -0.218.